The summed E-state index contributed by atoms with van der Waals surface area (Å²) in [5.74, 6) is -2.05. The van der Waals surface area contributed by atoms with E-state index in [0.29, 0.717) is 0 Å². The summed E-state index contributed by atoms with van der Waals surface area (Å²) in [4.78, 5) is 20.0. The van der Waals surface area contributed by atoms with Crippen LogP contribution in [0.3, 0.4) is 0 Å². The van der Waals surface area contributed by atoms with E-state index in [1.54, 1.807) is 0 Å². The third-order valence-corrected chi connectivity index (χ3v) is 0.850. The standard InChI is InChI=1S/C2H2O4.2V/c3-1(4)2(5)6;;/h(H,3,4)(H,5,6);;/q;2*+1/p-2. The molecular weight excluding hydrogens is 190 g/mol. The van der Waals surface area contributed by atoms with Crippen LogP contribution in [0.15, 0.2) is 0 Å². The predicted molar refractivity (Wildman–Crippen MR) is 12.2 cm³/mol. The topological polar surface area (TPSA) is 52.6 Å². The van der Waals surface area contributed by atoms with Crippen LogP contribution in [-0.4, -0.2) is 11.9 Å². The van der Waals surface area contributed by atoms with Gasteiger partial charge < -0.3 is 0 Å². The Balaban J connectivity index is 3.64. The first kappa shape index (κ1) is 8.11. The number of hydrogen-bond donors (Lipinski definition) is 0. The van der Waals surface area contributed by atoms with Gasteiger partial charge in [0.05, 0.1) is 0 Å². The Hall–Kier alpha value is 0.109. The van der Waals surface area contributed by atoms with Crippen LogP contribution in [0.4, 0.5) is 0 Å². The molecular formula is C2O4V2. The van der Waals surface area contributed by atoms with Crippen molar-refractivity contribution < 1.29 is 52.5 Å². The Bertz CT molecular complexity index is 96.6. The molecule has 4 nitrogen and oxygen atoms in total. The third kappa shape index (κ3) is 2.42. The first-order chi connectivity index (χ1) is 3.72. The van der Waals surface area contributed by atoms with E-state index in [9.17, 15) is 9.59 Å². The van der Waals surface area contributed by atoms with Crippen molar-refractivity contribution in [3.05, 3.63) is 0 Å². The van der Waals surface area contributed by atoms with Gasteiger partial charge in [-0.2, -0.15) is 0 Å². The molecule has 0 heterocycles. The summed E-state index contributed by atoms with van der Waals surface area (Å²) in [6.45, 7) is 0. The van der Waals surface area contributed by atoms with Crippen molar-refractivity contribution in [2.75, 3.05) is 0 Å². The molecule has 0 bridgehead atoms. The maximum absolute atomic E-state index is 10.0. The van der Waals surface area contributed by atoms with Crippen molar-refractivity contribution in [2.24, 2.45) is 0 Å². The van der Waals surface area contributed by atoms with Gasteiger partial charge in [-0.25, -0.2) is 0 Å². The van der Waals surface area contributed by atoms with Gasteiger partial charge in [0, 0.05) is 0 Å². The molecule has 0 saturated heterocycles. The van der Waals surface area contributed by atoms with E-state index in [2.05, 4.69) is 7.32 Å². The molecule has 0 aromatic heterocycles. The van der Waals surface area contributed by atoms with E-state index >= 15 is 0 Å². The van der Waals surface area contributed by atoms with Gasteiger partial charge in [-0.1, -0.05) is 0 Å². The van der Waals surface area contributed by atoms with Crippen LogP contribution in [0.1, 0.15) is 0 Å². The molecule has 0 atom stereocenters. The molecule has 0 N–H and O–H groups in total. The molecule has 6 heteroatoms. The molecule has 0 aliphatic carbocycles. The number of rotatable bonds is 0. The quantitative estimate of drug-likeness (QED) is 0.459. The zero-order valence-electron chi connectivity index (χ0n) is 3.53. The molecule has 8 heavy (non-hydrogen) atoms. The van der Waals surface area contributed by atoms with Gasteiger partial charge in [0.25, 0.3) is 0 Å². The summed E-state index contributed by atoms with van der Waals surface area (Å²) in [7, 11) is 0. The molecule has 0 radical (unpaired) electrons. The van der Waals surface area contributed by atoms with E-state index < -0.39 is 11.9 Å². The number of hydrogen-bond acceptors (Lipinski definition) is 4. The van der Waals surface area contributed by atoms with Gasteiger partial charge >= 0.3 is 64.4 Å². The van der Waals surface area contributed by atoms with Crippen molar-refractivity contribution in [1.82, 2.24) is 0 Å². The van der Waals surface area contributed by atoms with Crippen LogP contribution in [0.2, 0.25) is 0 Å². The summed E-state index contributed by atoms with van der Waals surface area (Å²) < 4.78 is 7.83. The molecule has 0 spiro atoms. The molecule has 0 aliphatic rings. The van der Waals surface area contributed by atoms with Crippen molar-refractivity contribution in [3.8, 4) is 0 Å². The van der Waals surface area contributed by atoms with E-state index in [4.69, 9.17) is 0 Å². The SMILES string of the molecule is O=C([O][V])C(=O)[O][V]. The Morgan fingerprint density at radius 1 is 1.00 bits per heavy atom. The average Bonchev–Trinajstić information content (AvgIpc) is 1.84. The zero-order chi connectivity index (χ0) is 6.57. The molecule has 0 unspecified atom stereocenters. The van der Waals surface area contributed by atoms with E-state index in [0.717, 1.165) is 0 Å². The molecule has 0 fully saturated rings. The van der Waals surface area contributed by atoms with Gasteiger partial charge in [-0.3, -0.25) is 0 Å². The van der Waals surface area contributed by atoms with E-state index in [-0.39, 0.29) is 0 Å². The number of carbonyl (C=O) groups is 2. The average molecular weight is 190 g/mol. The molecule has 0 aromatic carbocycles. The second-order valence-corrected chi connectivity index (χ2v) is 1.33. The monoisotopic (exact) mass is 190 g/mol. The summed E-state index contributed by atoms with van der Waals surface area (Å²) in [5.41, 5.74) is 0. The molecule has 0 amide bonds. The Morgan fingerprint density at radius 3 is 1.38 bits per heavy atom. The predicted octanol–water partition coefficient (Wildman–Crippen LogP) is -1.00. The Labute approximate surface area is 64.6 Å². The number of carbonyl (C=O) groups excluding carboxylic acids is 2. The fourth-order valence-electron chi connectivity index (χ4n) is 0.0745. The van der Waals surface area contributed by atoms with Crippen LogP contribution < -0.4 is 0 Å². The summed E-state index contributed by atoms with van der Waals surface area (Å²) in [6.07, 6.45) is 0. The van der Waals surface area contributed by atoms with Crippen molar-refractivity contribution >= 4 is 11.9 Å². The summed E-state index contributed by atoms with van der Waals surface area (Å²) >= 11 is 3.00. The third-order valence-electron chi connectivity index (χ3n) is 0.332. The molecule has 0 aromatic rings. The Morgan fingerprint density at radius 2 is 1.25 bits per heavy atom. The van der Waals surface area contributed by atoms with Crippen molar-refractivity contribution in [2.45, 2.75) is 0 Å². The maximum atomic E-state index is 10.0. The van der Waals surface area contributed by atoms with Gasteiger partial charge in [-0.15, -0.1) is 0 Å². The van der Waals surface area contributed by atoms with Crippen LogP contribution in [0.25, 0.3) is 0 Å². The van der Waals surface area contributed by atoms with Crippen LogP contribution in [0, 0.1) is 0 Å². The van der Waals surface area contributed by atoms with Crippen LogP contribution in [0.5, 0.6) is 0 Å². The fourth-order valence-corrected chi connectivity index (χ4v) is 0.307. The molecule has 0 saturated carbocycles. The van der Waals surface area contributed by atoms with Gasteiger partial charge in [0.1, 0.15) is 0 Å². The minimum atomic E-state index is -1.02. The first-order valence-electron chi connectivity index (χ1n) is 1.43. The van der Waals surface area contributed by atoms with Crippen LogP contribution in [-0.2, 0) is 52.5 Å². The molecule has 0 aliphatic heterocycles. The molecule has 0 rings (SSSR count). The second kappa shape index (κ2) is 4.03. The van der Waals surface area contributed by atoms with Crippen molar-refractivity contribution in [3.63, 3.8) is 0 Å². The van der Waals surface area contributed by atoms with Crippen LogP contribution >= 0.6 is 0 Å². The first-order valence-corrected chi connectivity index (χ1v) is 2.57. The normalized spacial score (nSPS) is 7.50. The van der Waals surface area contributed by atoms with E-state index in [1.807, 2.05) is 0 Å². The van der Waals surface area contributed by atoms with Gasteiger partial charge in [0.15, 0.2) is 0 Å². The van der Waals surface area contributed by atoms with E-state index in [1.165, 1.54) is 35.5 Å². The summed E-state index contributed by atoms with van der Waals surface area (Å²) in [6, 6.07) is 0. The fraction of sp³-hybridized carbons (Fsp3) is 0. The van der Waals surface area contributed by atoms with Gasteiger partial charge in [-0.05, 0) is 0 Å². The molecule has 42 valence electrons. The van der Waals surface area contributed by atoms with Gasteiger partial charge in [0.2, 0.25) is 0 Å². The van der Waals surface area contributed by atoms with Crippen molar-refractivity contribution in [1.29, 1.82) is 0 Å². The Kier molecular flexibility index (Phi) is 4.09. The minimum absolute atomic E-state index is 1.02. The summed E-state index contributed by atoms with van der Waals surface area (Å²) in [5, 5.41) is 0. The zero-order valence-corrected chi connectivity index (χ0v) is 6.32. The second-order valence-electron chi connectivity index (χ2n) is 0.757.